The maximum Gasteiger partial charge on any atom is 0.414 e. The molecule has 0 bridgehead atoms. The number of nitrogens with zero attached hydrogens (tertiary/aromatic N) is 5. The zero-order valence-corrected chi connectivity index (χ0v) is 15.1. The minimum Gasteiger partial charge on any atom is -0.362 e. The van der Waals surface area contributed by atoms with E-state index in [4.69, 9.17) is 4.74 Å². The summed E-state index contributed by atoms with van der Waals surface area (Å²) in [5.41, 5.74) is 0.244. The Kier molecular flexibility index (Phi) is 4.33. The summed E-state index contributed by atoms with van der Waals surface area (Å²) in [6.45, 7) is 1.53. The number of alkyl halides is 3. The van der Waals surface area contributed by atoms with Crippen molar-refractivity contribution in [2.75, 3.05) is 18.0 Å². The molecule has 1 aliphatic rings. The van der Waals surface area contributed by atoms with Crippen molar-refractivity contribution in [3.05, 3.63) is 34.6 Å². The van der Waals surface area contributed by atoms with Crippen LogP contribution in [0.5, 0.6) is 0 Å². The molecule has 0 saturated carbocycles. The molecule has 1 aliphatic heterocycles. The highest BCUT2D eigenvalue weighted by Gasteiger charge is 2.41. The van der Waals surface area contributed by atoms with Gasteiger partial charge in [0.25, 0.3) is 5.56 Å². The molecule has 1 saturated heterocycles. The number of aromatic nitrogens is 5. The molecule has 0 radical (unpaired) electrons. The number of fused-ring (bicyclic) bond motifs is 1. The van der Waals surface area contributed by atoms with Crippen molar-refractivity contribution in [1.82, 2.24) is 24.7 Å². The van der Waals surface area contributed by atoms with Gasteiger partial charge in [0.15, 0.2) is 11.9 Å². The van der Waals surface area contributed by atoms with Gasteiger partial charge < -0.3 is 14.6 Å². The third-order valence-corrected chi connectivity index (χ3v) is 4.66. The van der Waals surface area contributed by atoms with Crippen molar-refractivity contribution in [1.29, 1.82) is 0 Å². The summed E-state index contributed by atoms with van der Waals surface area (Å²) < 4.78 is 44.4. The summed E-state index contributed by atoms with van der Waals surface area (Å²) in [5, 5.41) is 8.63. The zero-order chi connectivity index (χ0) is 20.1. The molecule has 28 heavy (non-hydrogen) atoms. The van der Waals surface area contributed by atoms with Crippen LogP contribution in [0.15, 0.2) is 29.1 Å². The number of anilines is 1. The Hall–Kier alpha value is -2.95. The average molecular weight is 394 g/mol. The topological polar surface area (TPSA) is 88.9 Å². The van der Waals surface area contributed by atoms with Gasteiger partial charge in [0.05, 0.1) is 17.0 Å². The quantitative estimate of drug-likeness (QED) is 0.727. The highest BCUT2D eigenvalue weighted by Crippen LogP contribution is 2.28. The van der Waals surface area contributed by atoms with Crippen LogP contribution >= 0.6 is 0 Å². The Morgan fingerprint density at radius 2 is 1.96 bits per heavy atom. The molecule has 1 unspecified atom stereocenters. The number of ether oxygens (including phenoxy) is 1. The van der Waals surface area contributed by atoms with Crippen molar-refractivity contribution in [3.8, 4) is 11.6 Å². The van der Waals surface area contributed by atoms with Gasteiger partial charge in [-0.1, -0.05) is 12.1 Å². The van der Waals surface area contributed by atoms with E-state index in [0.717, 1.165) is 6.92 Å². The van der Waals surface area contributed by atoms with Gasteiger partial charge in [-0.3, -0.25) is 9.36 Å². The second kappa shape index (κ2) is 6.59. The van der Waals surface area contributed by atoms with Crippen LogP contribution in [-0.4, -0.2) is 56.2 Å². The summed E-state index contributed by atoms with van der Waals surface area (Å²) in [6.07, 6.45) is -6.73. The van der Waals surface area contributed by atoms with Gasteiger partial charge >= 0.3 is 6.18 Å². The molecule has 0 aliphatic carbocycles. The maximum absolute atomic E-state index is 12.6. The Bertz CT molecular complexity index is 1070. The molecule has 11 heteroatoms. The lowest BCUT2D eigenvalue weighted by atomic mass is 10.2. The number of H-pyrrole nitrogens is 1. The average Bonchev–Trinajstić information content (AvgIpc) is 2.97. The van der Waals surface area contributed by atoms with Gasteiger partial charge in [-0.25, -0.2) is 4.98 Å². The van der Waals surface area contributed by atoms with E-state index >= 15 is 0 Å². The van der Waals surface area contributed by atoms with Crippen molar-refractivity contribution < 1.29 is 17.9 Å². The van der Waals surface area contributed by atoms with Crippen LogP contribution in [0.4, 0.5) is 19.1 Å². The number of hydrogen-bond acceptors (Lipinski definition) is 6. The first kappa shape index (κ1) is 18.4. The predicted molar refractivity (Wildman–Crippen MR) is 95.0 cm³/mol. The highest BCUT2D eigenvalue weighted by atomic mass is 19.4. The van der Waals surface area contributed by atoms with Crippen LogP contribution in [0.1, 0.15) is 6.92 Å². The van der Waals surface area contributed by atoms with E-state index in [9.17, 15) is 18.0 Å². The second-order valence-corrected chi connectivity index (χ2v) is 6.66. The molecule has 1 atom stereocenters. The van der Waals surface area contributed by atoms with E-state index in [1.165, 1.54) is 0 Å². The summed E-state index contributed by atoms with van der Waals surface area (Å²) in [5.74, 6) is 1.08. The first-order chi connectivity index (χ1) is 13.2. The largest absolute Gasteiger partial charge is 0.414 e. The smallest absolute Gasteiger partial charge is 0.362 e. The number of rotatable bonds is 4. The minimum atomic E-state index is -4.38. The fourth-order valence-corrected chi connectivity index (χ4v) is 3.05. The van der Waals surface area contributed by atoms with Crippen LogP contribution in [0, 0.1) is 0 Å². The summed E-state index contributed by atoms with van der Waals surface area (Å²) >= 11 is 0. The molecular weight excluding hydrogens is 377 g/mol. The Morgan fingerprint density at radius 1 is 1.25 bits per heavy atom. The fourth-order valence-electron chi connectivity index (χ4n) is 3.05. The Labute approximate surface area is 157 Å². The summed E-state index contributed by atoms with van der Waals surface area (Å²) in [4.78, 5) is 21.1. The van der Waals surface area contributed by atoms with Crippen LogP contribution < -0.4 is 10.5 Å². The molecule has 148 valence electrons. The molecule has 4 rings (SSSR count). The molecule has 1 fully saturated rings. The van der Waals surface area contributed by atoms with E-state index in [2.05, 4.69) is 20.2 Å². The van der Waals surface area contributed by atoms with Gasteiger partial charge in [0.1, 0.15) is 0 Å². The molecule has 1 aromatic carbocycles. The van der Waals surface area contributed by atoms with Gasteiger partial charge in [0.2, 0.25) is 11.8 Å². The third-order valence-electron chi connectivity index (χ3n) is 4.66. The first-order valence-electron chi connectivity index (χ1n) is 8.60. The fraction of sp³-hybridized carbons (Fsp3) is 0.412. The zero-order valence-electron chi connectivity index (χ0n) is 15.1. The number of benzene rings is 1. The van der Waals surface area contributed by atoms with Gasteiger partial charge in [-0.05, 0) is 19.1 Å². The standard InChI is InChI=1S/C17H17F3N6O2/c1-9(17(18,19)20)28-10-7-26(8-10)16-24-23-14(25(16)2)13-21-12-6-4-3-5-11(12)15(27)22-13/h3-6,9-10H,7-8H2,1-2H3,(H,21,22,27). The van der Waals surface area contributed by atoms with E-state index in [1.54, 1.807) is 40.8 Å². The highest BCUT2D eigenvalue weighted by molar-refractivity contribution is 5.78. The summed E-state index contributed by atoms with van der Waals surface area (Å²) in [7, 11) is 1.70. The number of para-hydroxylation sites is 1. The number of hydrogen-bond donors (Lipinski definition) is 1. The van der Waals surface area contributed by atoms with Crippen molar-refractivity contribution in [3.63, 3.8) is 0 Å². The number of aromatic amines is 1. The normalized spacial score (nSPS) is 16.4. The van der Waals surface area contributed by atoms with Crippen LogP contribution in [-0.2, 0) is 11.8 Å². The van der Waals surface area contributed by atoms with Crippen molar-refractivity contribution in [2.24, 2.45) is 7.05 Å². The number of halogens is 3. The van der Waals surface area contributed by atoms with Crippen molar-refractivity contribution >= 4 is 16.9 Å². The van der Waals surface area contributed by atoms with Crippen LogP contribution in [0.25, 0.3) is 22.6 Å². The first-order valence-corrected chi connectivity index (χ1v) is 8.60. The molecular formula is C17H17F3N6O2. The number of nitrogens with one attached hydrogen (secondary N) is 1. The van der Waals surface area contributed by atoms with Crippen LogP contribution in [0.2, 0.25) is 0 Å². The van der Waals surface area contributed by atoms with E-state index in [1.807, 2.05) is 0 Å². The molecule has 3 aromatic rings. The van der Waals surface area contributed by atoms with E-state index in [-0.39, 0.29) is 24.5 Å². The Morgan fingerprint density at radius 3 is 2.68 bits per heavy atom. The van der Waals surface area contributed by atoms with Crippen molar-refractivity contribution in [2.45, 2.75) is 25.3 Å². The molecule has 0 amide bonds. The Balaban J connectivity index is 1.53. The molecule has 1 N–H and O–H groups in total. The second-order valence-electron chi connectivity index (χ2n) is 6.66. The third kappa shape index (κ3) is 3.21. The molecule has 2 aromatic heterocycles. The molecule has 3 heterocycles. The van der Waals surface area contributed by atoms with Gasteiger partial charge in [0, 0.05) is 20.1 Å². The predicted octanol–water partition coefficient (Wildman–Crippen LogP) is 1.87. The van der Waals surface area contributed by atoms with E-state index in [0.29, 0.717) is 22.7 Å². The molecule has 8 nitrogen and oxygen atoms in total. The lowest BCUT2D eigenvalue weighted by Gasteiger charge is -2.40. The van der Waals surface area contributed by atoms with E-state index < -0.39 is 18.4 Å². The lowest BCUT2D eigenvalue weighted by molar-refractivity contribution is -0.228. The lowest BCUT2D eigenvalue weighted by Crippen LogP contribution is -2.55. The summed E-state index contributed by atoms with van der Waals surface area (Å²) in [6, 6.07) is 6.93. The monoisotopic (exact) mass is 394 g/mol. The van der Waals surface area contributed by atoms with Gasteiger partial charge in [-0.2, -0.15) is 13.2 Å². The van der Waals surface area contributed by atoms with Gasteiger partial charge in [-0.15, -0.1) is 10.2 Å². The SMILES string of the molecule is CC(OC1CN(c2nnc(-c3nc4ccccc4c(=O)[nH]3)n2C)C1)C(F)(F)F. The minimum absolute atomic E-state index is 0.268. The molecule has 0 spiro atoms. The maximum atomic E-state index is 12.6. The van der Waals surface area contributed by atoms with Crippen LogP contribution in [0.3, 0.4) is 0 Å².